The number of carbonyl (C=O) groups is 2. The Labute approximate surface area is 273 Å². The highest BCUT2D eigenvalue weighted by Gasteiger charge is 2.30. The van der Waals surface area contributed by atoms with Crippen molar-refractivity contribution in [2.75, 3.05) is 19.0 Å². The minimum Gasteiger partial charge on any atom is -0.481 e. The number of anilines is 1. The number of nitrogens with zero attached hydrogens (tertiary/aromatic N) is 4. The van der Waals surface area contributed by atoms with Crippen molar-refractivity contribution in [3.8, 4) is 28.3 Å². The minimum absolute atomic E-state index is 0.0283. The molecule has 0 unspecified atom stereocenters. The van der Waals surface area contributed by atoms with Crippen LogP contribution in [0.25, 0.3) is 22.4 Å². The average Bonchev–Trinajstić information content (AvgIpc) is 3.67. The third kappa shape index (κ3) is 6.03. The van der Waals surface area contributed by atoms with Gasteiger partial charge in [-0.05, 0) is 61.1 Å². The second kappa shape index (κ2) is 12.7. The molecule has 47 heavy (non-hydrogen) atoms. The molecule has 244 valence electrons. The number of aryl methyl sites for hydroxylation is 2. The third-order valence-electron chi connectivity index (χ3n) is 8.77. The standard InChI is InChI=1S/C33H33ClFN7O5/c1-16-22(13-18(35)14-24(16)38-30(44)29-32(45)41(2)33(46)42(3)40-29)20-6-5-7-21(28(20)34)25-12-17-8-10-23(27(17)31(39-25)47-4)36-15-19-9-11-26(43)37-19/h5-7,12-14,19,23,36H,8-11,15H2,1-4H3,(H,37,43)(H,38,44)/t19-,23-/m0/s1. The fraction of sp³-hybridized carbons (Fsp3) is 0.333. The zero-order valence-corrected chi connectivity index (χ0v) is 27.0. The van der Waals surface area contributed by atoms with Crippen molar-refractivity contribution in [3.05, 3.63) is 90.5 Å². The highest BCUT2D eigenvalue weighted by molar-refractivity contribution is 6.36. The first kappa shape index (κ1) is 32.1. The lowest BCUT2D eigenvalue weighted by molar-refractivity contribution is -0.119. The Balaban J connectivity index is 1.32. The summed E-state index contributed by atoms with van der Waals surface area (Å²) in [6.07, 6.45) is 3.00. The molecule has 2 aromatic carbocycles. The third-order valence-corrected chi connectivity index (χ3v) is 9.18. The molecule has 2 amide bonds. The summed E-state index contributed by atoms with van der Waals surface area (Å²) in [6.45, 7) is 2.35. The van der Waals surface area contributed by atoms with Crippen LogP contribution in [-0.4, -0.2) is 50.8 Å². The SMILES string of the molecule is COc1nc(-c2cccc(-c3cc(F)cc(NC(=O)c4nn(C)c(=O)n(C)c4=O)c3C)c2Cl)cc2c1[C@@H](NC[C@@H]1CCC(=O)N1)CC2. The Morgan fingerprint density at radius 3 is 2.60 bits per heavy atom. The lowest BCUT2D eigenvalue weighted by atomic mass is 9.95. The van der Waals surface area contributed by atoms with Crippen LogP contribution in [0.2, 0.25) is 5.02 Å². The normalized spacial score (nSPS) is 17.0. The number of carbonyl (C=O) groups excluding carboxylic acids is 2. The number of amides is 2. The lowest BCUT2D eigenvalue weighted by Crippen LogP contribution is -2.43. The minimum atomic E-state index is -0.893. The molecule has 3 heterocycles. The van der Waals surface area contributed by atoms with Gasteiger partial charge in [-0.15, -0.1) is 0 Å². The second-order valence-electron chi connectivity index (χ2n) is 11.8. The van der Waals surface area contributed by atoms with Gasteiger partial charge in [0.05, 0.1) is 17.8 Å². The number of pyridine rings is 1. The van der Waals surface area contributed by atoms with Gasteiger partial charge >= 0.3 is 5.69 Å². The van der Waals surface area contributed by atoms with E-state index in [2.05, 4.69) is 21.0 Å². The number of fused-ring (bicyclic) bond motifs is 1. The van der Waals surface area contributed by atoms with Crippen molar-refractivity contribution < 1.29 is 18.7 Å². The van der Waals surface area contributed by atoms with Crippen molar-refractivity contribution in [2.24, 2.45) is 14.1 Å². The van der Waals surface area contributed by atoms with Crippen LogP contribution in [0.3, 0.4) is 0 Å². The summed E-state index contributed by atoms with van der Waals surface area (Å²) in [7, 11) is 4.13. The predicted molar refractivity (Wildman–Crippen MR) is 174 cm³/mol. The van der Waals surface area contributed by atoms with Crippen molar-refractivity contribution in [2.45, 2.75) is 44.7 Å². The van der Waals surface area contributed by atoms with Crippen LogP contribution in [0.1, 0.15) is 52.5 Å². The summed E-state index contributed by atoms with van der Waals surface area (Å²) >= 11 is 7.01. The number of halogens is 2. The number of benzene rings is 2. The van der Waals surface area contributed by atoms with Crippen LogP contribution >= 0.6 is 11.6 Å². The molecule has 0 spiro atoms. The van der Waals surface area contributed by atoms with Crippen LogP contribution in [-0.2, 0) is 25.3 Å². The molecule has 1 saturated heterocycles. The first-order chi connectivity index (χ1) is 22.5. The maximum Gasteiger partial charge on any atom is 0.346 e. The fourth-order valence-corrected chi connectivity index (χ4v) is 6.59. The summed E-state index contributed by atoms with van der Waals surface area (Å²) in [5.74, 6) is -0.978. The van der Waals surface area contributed by atoms with Crippen molar-refractivity contribution >= 4 is 29.1 Å². The number of rotatable bonds is 8. The van der Waals surface area contributed by atoms with Gasteiger partial charge in [-0.2, -0.15) is 5.10 Å². The summed E-state index contributed by atoms with van der Waals surface area (Å²) in [5, 5.41) is 13.2. The average molecular weight is 662 g/mol. The lowest BCUT2D eigenvalue weighted by Gasteiger charge is -2.20. The fourth-order valence-electron chi connectivity index (χ4n) is 6.27. The largest absolute Gasteiger partial charge is 0.481 e. The van der Waals surface area contributed by atoms with Gasteiger partial charge in [0.15, 0.2) is 0 Å². The highest BCUT2D eigenvalue weighted by Crippen LogP contribution is 2.43. The van der Waals surface area contributed by atoms with Gasteiger partial charge < -0.3 is 20.7 Å². The van der Waals surface area contributed by atoms with E-state index in [1.165, 1.54) is 20.2 Å². The molecule has 12 nitrogen and oxygen atoms in total. The number of nitrogens with one attached hydrogen (secondary N) is 3. The number of hydrogen-bond donors (Lipinski definition) is 3. The first-order valence-electron chi connectivity index (χ1n) is 15.1. The van der Waals surface area contributed by atoms with Crippen LogP contribution in [0.4, 0.5) is 10.1 Å². The van der Waals surface area contributed by atoms with Crippen LogP contribution in [0.5, 0.6) is 5.88 Å². The van der Waals surface area contributed by atoms with E-state index in [4.69, 9.17) is 21.3 Å². The molecule has 0 bridgehead atoms. The molecule has 1 aliphatic heterocycles. The van der Waals surface area contributed by atoms with E-state index in [0.717, 1.165) is 45.7 Å². The molecule has 2 aliphatic rings. The molecule has 3 N–H and O–H groups in total. The van der Waals surface area contributed by atoms with Gasteiger partial charge in [0.1, 0.15) is 5.82 Å². The molecule has 1 aliphatic carbocycles. The van der Waals surface area contributed by atoms with Crippen LogP contribution in [0, 0.1) is 12.7 Å². The Kier molecular flexibility index (Phi) is 8.68. The first-order valence-corrected chi connectivity index (χ1v) is 15.5. The van der Waals surface area contributed by atoms with Gasteiger partial charge in [-0.3, -0.25) is 19.0 Å². The maximum absolute atomic E-state index is 15.1. The second-order valence-corrected chi connectivity index (χ2v) is 12.1. The van der Waals surface area contributed by atoms with Gasteiger partial charge in [0.25, 0.3) is 11.5 Å². The summed E-state index contributed by atoms with van der Waals surface area (Å²) in [5.41, 5.74) is 2.72. The Bertz CT molecular complexity index is 2060. The Hall–Kier alpha value is -4.88. The summed E-state index contributed by atoms with van der Waals surface area (Å²) in [6, 6.07) is 9.94. The molecule has 14 heteroatoms. The van der Waals surface area contributed by atoms with Gasteiger partial charge in [-0.1, -0.05) is 29.8 Å². The molecule has 1 fully saturated rings. The van der Waals surface area contributed by atoms with E-state index < -0.39 is 28.7 Å². The van der Waals surface area contributed by atoms with Gasteiger partial charge in [-0.25, -0.2) is 18.9 Å². The van der Waals surface area contributed by atoms with E-state index in [0.29, 0.717) is 51.8 Å². The van der Waals surface area contributed by atoms with E-state index in [1.807, 2.05) is 12.1 Å². The van der Waals surface area contributed by atoms with Gasteiger partial charge in [0.2, 0.25) is 17.5 Å². The smallest absolute Gasteiger partial charge is 0.346 e. The maximum atomic E-state index is 15.1. The van der Waals surface area contributed by atoms with E-state index in [1.54, 1.807) is 26.2 Å². The molecule has 4 aromatic rings. The number of ether oxygens (including phenoxy) is 1. The molecular weight excluding hydrogens is 629 g/mol. The molecule has 0 saturated carbocycles. The Morgan fingerprint density at radius 2 is 1.87 bits per heavy atom. The summed E-state index contributed by atoms with van der Waals surface area (Å²) < 4.78 is 22.4. The molecular formula is C33H33ClFN7O5. The number of hydrogen-bond acceptors (Lipinski definition) is 8. The topological polar surface area (TPSA) is 149 Å². The van der Waals surface area contributed by atoms with E-state index >= 15 is 4.39 Å². The molecule has 2 atom stereocenters. The number of methoxy groups -OCH3 is 1. The molecule has 2 aromatic heterocycles. The Morgan fingerprint density at radius 1 is 1.11 bits per heavy atom. The van der Waals surface area contributed by atoms with E-state index in [9.17, 15) is 19.2 Å². The predicted octanol–water partition coefficient (Wildman–Crippen LogP) is 3.43. The van der Waals surface area contributed by atoms with E-state index in [-0.39, 0.29) is 23.7 Å². The molecule has 0 radical (unpaired) electrons. The van der Waals surface area contributed by atoms with Crippen molar-refractivity contribution in [3.63, 3.8) is 0 Å². The zero-order valence-electron chi connectivity index (χ0n) is 26.2. The van der Waals surface area contributed by atoms with Crippen molar-refractivity contribution in [1.29, 1.82) is 0 Å². The van der Waals surface area contributed by atoms with Crippen LogP contribution < -0.4 is 31.9 Å². The number of aromatic nitrogens is 4. The monoisotopic (exact) mass is 661 g/mol. The quantitative estimate of drug-likeness (QED) is 0.260. The highest BCUT2D eigenvalue weighted by atomic mass is 35.5. The van der Waals surface area contributed by atoms with Crippen LogP contribution in [0.15, 0.2) is 46.0 Å². The van der Waals surface area contributed by atoms with Crippen molar-refractivity contribution in [1.82, 2.24) is 30.0 Å². The molecule has 6 rings (SSSR count). The van der Waals surface area contributed by atoms with Gasteiger partial charge in [0, 0.05) is 61.5 Å². The summed E-state index contributed by atoms with van der Waals surface area (Å²) in [4.78, 5) is 54.1. The zero-order chi connectivity index (χ0) is 33.6.